The molecule has 0 saturated carbocycles. The molecule has 192 valence electrons. The van der Waals surface area contributed by atoms with Gasteiger partial charge in [-0.25, -0.2) is 4.99 Å². The van der Waals surface area contributed by atoms with Crippen molar-refractivity contribution >= 4 is 101 Å². The maximum absolute atomic E-state index is 12.9. The number of carbonyl (C=O) groups is 1. The number of benzene rings is 3. The van der Waals surface area contributed by atoms with Gasteiger partial charge in [-0.3, -0.25) is 9.69 Å². The van der Waals surface area contributed by atoms with E-state index in [1.807, 2.05) is 37.3 Å². The highest BCUT2D eigenvalue weighted by Gasteiger charge is 2.30. The average Bonchev–Trinajstić information content (AvgIpc) is 3.10. The van der Waals surface area contributed by atoms with Crippen molar-refractivity contribution in [3.63, 3.8) is 0 Å². The molecule has 0 aromatic heterocycles. The van der Waals surface area contributed by atoms with Crippen LogP contribution in [0.2, 0.25) is 15.1 Å². The Morgan fingerprint density at radius 1 is 1.00 bits per heavy atom. The first-order chi connectivity index (χ1) is 17.7. The lowest BCUT2D eigenvalue weighted by Crippen LogP contribution is -2.23. The Bertz CT molecular complexity index is 1430. The van der Waals surface area contributed by atoms with Gasteiger partial charge in [-0.15, -0.1) is 0 Å². The zero-order chi connectivity index (χ0) is 26.7. The monoisotopic (exact) mass is 702 g/mol. The minimum atomic E-state index is -0.154. The third-order valence-electron chi connectivity index (χ3n) is 5.15. The Labute approximate surface area is 251 Å². The molecule has 0 aliphatic carbocycles. The Morgan fingerprint density at radius 3 is 2.49 bits per heavy atom. The first kappa shape index (κ1) is 28.3. The van der Waals surface area contributed by atoms with Gasteiger partial charge >= 0.3 is 0 Å². The van der Waals surface area contributed by atoms with E-state index in [2.05, 4.69) is 36.9 Å². The highest BCUT2D eigenvalue weighted by Crippen LogP contribution is 2.40. The smallest absolute Gasteiger partial charge is 0.266 e. The summed E-state index contributed by atoms with van der Waals surface area (Å²) >= 11 is 26.7. The molecular weight excluding hydrogens is 687 g/mol. The number of halogens is 5. The molecule has 0 N–H and O–H groups in total. The van der Waals surface area contributed by atoms with Crippen LogP contribution in [0.25, 0.3) is 6.08 Å². The summed E-state index contributed by atoms with van der Waals surface area (Å²) in [5.74, 6) is 0.918. The molecule has 1 heterocycles. The third-order valence-corrected chi connectivity index (χ3v) is 8.62. The fourth-order valence-electron chi connectivity index (χ4n) is 3.33. The van der Waals surface area contributed by atoms with E-state index in [0.717, 1.165) is 15.6 Å². The van der Waals surface area contributed by atoms with Crippen LogP contribution in [0.4, 0.5) is 5.69 Å². The molecule has 0 atom stereocenters. The molecule has 11 heteroatoms. The summed E-state index contributed by atoms with van der Waals surface area (Å²) in [6.07, 6.45) is 1.80. The van der Waals surface area contributed by atoms with Gasteiger partial charge in [0.2, 0.25) is 0 Å². The van der Waals surface area contributed by atoms with Crippen molar-refractivity contribution in [3.8, 4) is 11.5 Å². The molecule has 0 unspecified atom stereocenters. The van der Waals surface area contributed by atoms with Gasteiger partial charge in [-0.05, 0) is 105 Å². The van der Waals surface area contributed by atoms with Crippen LogP contribution in [0.3, 0.4) is 0 Å². The van der Waals surface area contributed by atoms with Crippen molar-refractivity contribution in [1.29, 1.82) is 0 Å². The Kier molecular flexibility index (Phi) is 9.53. The molecule has 0 bridgehead atoms. The summed E-state index contributed by atoms with van der Waals surface area (Å²) in [7, 11) is 1.69. The largest absolute Gasteiger partial charge is 0.490 e. The second-order valence-electron chi connectivity index (χ2n) is 7.76. The first-order valence-corrected chi connectivity index (χ1v) is 14.4. The quantitative estimate of drug-likeness (QED) is 0.230. The normalized spacial score (nSPS) is 15.6. The second-order valence-corrected chi connectivity index (χ2v) is 11.7. The van der Waals surface area contributed by atoms with Gasteiger partial charge in [0.1, 0.15) is 6.61 Å². The van der Waals surface area contributed by atoms with Gasteiger partial charge in [0.25, 0.3) is 5.91 Å². The summed E-state index contributed by atoms with van der Waals surface area (Å²) in [6.45, 7) is 2.56. The molecule has 1 fully saturated rings. The molecule has 1 amide bonds. The third kappa shape index (κ3) is 6.85. The summed E-state index contributed by atoms with van der Waals surface area (Å²) < 4.78 is 13.4. The molecule has 1 aliphatic heterocycles. The van der Waals surface area contributed by atoms with Gasteiger partial charge in [-0.1, -0.05) is 40.9 Å². The summed E-state index contributed by atoms with van der Waals surface area (Å²) in [6, 6.07) is 14.3. The van der Waals surface area contributed by atoms with Crippen molar-refractivity contribution in [2.45, 2.75) is 13.5 Å². The fourth-order valence-corrected chi connectivity index (χ4v) is 5.78. The number of likely N-dealkylation sites (N-methyl/N-ethyl adjacent to an activating group) is 1. The van der Waals surface area contributed by atoms with Crippen molar-refractivity contribution in [2.24, 2.45) is 4.99 Å². The topological polar surface area (TPSA) is 51.1 Å². The molecule has 3 aromatic carbocycles. The van der Waals surface area contributed by atoms with Gasteiger partial charge in [0, 0.05) is 27.1 Å². The SMILES string of the molecule is CCOc1cc(/C=C2\SC(=Nc3ccc(Br)c(Cl)c3)N(C)C2=O)cc(Br)c1OCc1ccc(Cl)cc1Cl. The lowest BCUT2D eigenvalue weighted by Gasteiger charge is -2.15. The van der Waals surface area contributed by atoms with Crippen LogP contribution in [0, 0.1) is 0 Å². The van der Waals surface area contributed by atoms with Crippen LogP contribution >= 0.6 is 78.4 Å². The predicted molar refractivity (Wildman–Crippen MR) is 161 cm³/mol. The zero-order valence-electron chi connectivity index (χ0n) is 19.5. The van der Waals surface area contributed by atoms with Crippen molar-refractivity contribution in [2.75, 3.05) is 13.7 Å². The van der Waals surface area contributed by atoms with E-state index in [0.29, 0.717) is 53.4 Å². The molecule has 0 spiro atoms. The summed E-state index contributed by atoms with van der Waals surface area (Å²) in [5.41, 5.74) is 2.21. The number of aliphatic imine (C=N–C) groups is 1. The molecule has 3 aromatic rings. The highest BCUT2D eigenvalue weighted by molar-refractivity contribution is 9.10. The van der Waals surface area contributed by atoms with E-state index in [9.17, 15) is 4.79 Å². The molecule has 37 heavy (non-hydrogen) atoms. The lowest BCUT2D eigenvalue weighted by atomic mass is 10.1. The number of hydrogen-bond acceptors (Lipinski definition) is 5. The van der Waals surface area contributed by atoms with Crippen LogP contribution < -0.4 is 9.47 Å². The summed E-state index contributed by atoms with van der Waals surface area (Å²) in [4.78, 5) is 19.6. The van der Waals surface area contributed by atoms with Crippen LogP contribution in [-0.4, -0.2) is 29.6 Å². The Morgan fingerprint density at radius 2 is 1.78 bits per heavy atom. The number of hydrogen-bond donors (Lipinski definition) is 0. The van der Waals surface area contributed by atoms with Gasteiger partial charge in [0.15, 0.2) is 16.7 Å². The van der Waals surface area contributed by atoms with Crippen LogP contribution in [0.5, 0.6) is 11.5 Å². The van der Waals surface area contributed by atoms with Crippen LogP contribution in [0.15, 0.2) is 67.4 Å². The zero-order valence-corrected chi connectivity index (χ0v) is 25.8. The Hall–Kier alpha value is -1.68. The predicted octanol–water partition coefficient (Wildman–Crippen LogP) is 9.38. The van der Waals surface area contributed by atoms with E-state index in [1.54, 1.807) is 31.3 Å². The number of amidine groups is 1. The number of thioether (sulfide) groups is 1. The van der Waals surface area contributed by atoms with Crippen LogP contribution in [-0.2, 0) is 11.4 Å². The Balaban J connectivity index is 1.59. The number of nitrogens with zero attached hydrogens (tertiary/aromatic N) is 2. The maximum Gasteiger partial charge on any atom is 0.266 e. The van der Waals surface area contributed by atoms with Crippen LogP contribution in [0.1, 0.15) is 18.1 Å². The number of carbonyl (C=O) groups excluding carboxylic acids is 1. The standard InChI is InChI=1S/C26H19Br2Cl3N2O3S/c1-3-35-22-9-14(8-19(28)24(22)36-13-15-4-5-16(29)11-20(15)30)10-23-25(34)33(2)26(37-23)32-17-6-7-18(27)21(31)12-17/h4-12H,3,13H2,1-2H3/b23-10-,32-26?. The van der Waals surface area contributed by atoms with E-state index >= 15 is 0 Å². The lowest BCUT2D eigenvalue weighted by molar-refractivity contribution is -0.121. The van der Waals surface area contributed by atoms with E-state index in [4.69, 9.17) is 44.3 Å². The highest BCUT2D eigenvalue weighted by atomic mass is 79.9. The van der Waals surface area contributed by atoms with E-state index < -0.39 is 0 Å². The van der Waals surface area contributed by atoms with Crippen molar-refractivity contribution in [3.05, 3.63) is 88.6 Å². The number of rotatable bonds is 7. The molecule has 0 radical (unpaired) electrons. The minimum Gasteiger partial charge on any atom is -0.490 e. The van der Waals surface area contributed by atoms with E-state index in [-0.39, 0.29) is 12.5 Å². The second kappa shape index (κ2) is 12.5. The minimum absolute atomic E-state index is 0.154. The summed E-state index contributed by atoms with van der Waals surface area (Å²) in [5, 5.41) is 2.18. The number of ether oxygens (including phenoxy) is 2. The van der Waals surface area contributed by atoms with Crippen molar-refractivity contribution in [1.82, 2.24) is 4.90 Å². The van der Waals surface area contributed by atoms with Gasteiger partial charge in [0.05, 0.1) is 26.7 Å². The van der Waals surface area contributed by atoms with Crippen molar-refractivity contribution < 1.29 is 14.3 Å². The van der Waals surface area contributed by atoms with Gasteiger partial charge < -0.3 is 9.47 Å². The molecular formula is C26H19Br2Cl3N2O3S. The molecule has 1 saturated heterocycles. The maximum atomic E-state index is 12.9. The van der Waals surface area contributed by atoms with Gasteiger partial charge in [-0.2, -0.15) is 0 Å². The van der Waals surface area contributed by atoms with E-state index in [1.165, 1.54) is 16.7 Å². The number of amides is 1. The molecule has 5 nitrogen and oxygen atoms in total. The molecule has 4 rings (SSSR count). The fraction of sp³-hybridized carbons (Fsp3) is 0.154. The first-order valence-electron chi connectivity index (χ1n) is 10.9. The molecule has 1 aliphatic rings. The average molecular weight is 706 g/mol.